The van der Waals surface area contributed by atoms with Crippen molar-refractivity contribution in [3.8, 4) is 16.9 Å². The monoisotopic (exact) mass is 358 g/mol. The van der Waals surface area contributed by atoms with Crippen LogP contribution in [0.25, 0.3) is 11.1 Å². The number of carbonyl (C=O) groups is 1. The molecule has 2 nitrogen and oxygen atoms in total. The van der Waals surface area contributed by atoms with Crippen molar-refractivity contribution in [3.05, 3.63) is 54.1 Å². The molecule has 3 heteroatoms. The zero-order chi connectivity index (χ0) is 17.9. The standard InChI is InChI=1S/C22H27ClO2/c1-2-3-4-5-6-7-8-17-25-21-15-13-19(14-16-21)18-9-11-20(12-10-18)22(23)24/h9-16H,2-8,17H2,1H3. The predicted molar refractivity (Wildman–Crippen MR) is 106 cm³/mol. The number of benzene rings is 2. The topological polar surface area (TPSA) is 26.3 Å². The highest BCUT2D eigenvalue weighted by Crippen LogP contribution is 2.23. The zero-order valence-electron chi connectivity index (χ0n) is 15.0. The Morgan fingerprint density at radius 2 is 1.32 bits per heavy atom. The van der Waals surface area contributed by atoms with E-state index in [0.717, 1.165) is 29.9 Å². The average molecular weight is 359 g/mol. The Bertz CT molecular complexity index is 632. The lowest BCUT2D eigenvalue weighted by Crippen LogP contribution is -1.97. The Morgan fingerprint density at radius 3 is 1.88 bits per heavy atom. The molecular formula is C22H27ClO2. The van der Waals surface area contributed by atoms with Crippen molar-refractivity contribution < 1.29 is 9.53 Å². The third-order valence-corrected chi connectivity index (χ3v) is 4.53. The van der Waals surface area contributed by atoms with Crippen molar-refractivity contribution in [1.82, 2.24) is 0 Å². The van der Waals surface area contributed by atoms with E-state index in [-0.39, 0.29) is 0 Å². The van der Waals surface area contributed by atoms with Crippen LogP contribution in [0.4, 0.5) is 0 Å². The molecule has 0 aliphatic rings. The van der Waals surface area contributed by atoms with E-state index in [1.807, 2.05) is 36.4 Å². The Morgan fingerprint density at radius 1 is 0.800 bits per heavy atom. The molecular weight excluding hydrogens is 332 g/mol. The van der Waals surface area contributed by atoms with Crippen molar-refractivity contribution in [2.75, 3.05) is 6.61 Å². The first kappa shape index (κ1) is 19.5. The van der Waals surface area contributed by atoms with E-state index in [4.69, 9.17) is 16.3 Å². The Kier molecular flexibility index (Phi) is 8.54. The van der Waals surface area contributed by atoms with Crippen molar-refractivity contribution in [1.29, 1.82) is 0 Å². The highest BCUT2D eigenvalue weighted by Gasteiger charge is 2.03. The van der Waals surface area contributed by atoms with Crippen LogP contribution < -0.4 is 4.74 Å². The zero-order valence-corrected chi connectivity index (χ0v) is 15.7. The molecule has 0 aromatic heterocycles. The molecule has 0 fully saturated rings. The quantitative estimate of drug-likeness (QED) is 0.324. The number of ether oxygens (including phenoxy) is 1. The molecule has 0 heterocycles. The molecule has 0 aliphatic carbocycles. The van der Waals surface area contributed by atoms with Crippen LogP contribution in [0.5, 0.6) is 5.75 Å². The van der Waals surface area contributed by atoms with Gasteiger partial charge in [-0.2, -0.15) is 0 Å². The van der Waals surface area contributed by atoms with Gasteiger partial charge < -0.3 is 4.74 Å². The van der Waals surface area contributed by atoms with Gasteiger partial charge in [-0.25, -0.2) is 0 Å². The van der Waals surface area contributed by atoms with E-state index in [1.54, 1.807) is 12.1 Å². The molecule has 134 valence electrons. The molecule has 2 rings (SSSR count). The van der Waals surface area contributed by atoms with Crippen LogP contribution in [0.15, 0.2) is 48.5 Å². The summed E-state index contributed by atoms with van der Waals surface area (Å²) in [5.41, 5.74) is 2.66. The summed E-state index contributed by atoms with van der Waals surface area (Å²) in [4.78, 5) is 11.1. The van der Waals surface area contributed by atoms with Gasteiger partial charge in [-0.05, 0) is 53.4 Å². The molecule has 0 aliphatic heterocycles. The predicted octanol–water partition coefficient (Wildman–Crippen LogP) is 6.86. The summed E-state index contributed by atoms with van der Waals surface area (Å²) in [7, 11) is 0. The minimum absolute atomic E-state index is 0.430. The van der Waals surface area contributed by atoms with Crippen molar-refractivity contribution in [3.63, 3.8) is 0 Å². The van der Waals surface area contributed by atoms with Crippen molar-refractivity contribution in [2.24, 2.45) is 0 Å². The normalized spacial score (nSPS) is 10.6. The maximum atomic E-state index is 11.1. The first-order chi connectivity index (χ1) is 12.2. The van der Waals surface area contributed by atoms with Crippen molar-refractivity contribution >= 4 is 16.8 Å². The highest BCUT2D eigenvalue weighted by molar-refractivity contribution is 6.67. The van der Waals surface area contributed by atoms with Gasteiger partial charge in [0.05, 0.1) is 6.61 Å². The molecule has 0 radical (unpaired) electrons. The second-order valence-electron chi connectivity index (χ2n) is 6.35. The molecule has 2 aromatic carbocycles. The van der Waals surface area contributed by atoms with Gasteiger partial charge in [0.2, 0.25) is 0 Å². The second-order valence-corrected chi connectivity index (χ2v) is 6.69. The summed E-state index contributed by atoms with van der Waals surface area (Å²) in [6, 6.07) is 15.4. The molecule has 0 spiro atoms. The number of unbranched alkanes of at least 4 members (excludes halogenated alkanes) is 6. The van der Waals surface area contributed by atoms with Gasteiger partial charge in [0.15, 0.2) is 0 Å². The van der Waals surface area contributed by atoms with Crippen molar-refractivity contribution in [2.45, 2.75) is 51.9 Å². The Hall–Kier alpha value is -1.80. The third kappa shape index (κ3) is 6.91. The van der Waals surface area contributed by atoms with E-state index < -0.39 is 5.24 Å². The maximum absolute atomic E-state index is 11.1. The number of hydrogen-bond donors (Lipinski definition) is 0. The lowest BCUT2D eigenvalue weighted by Gasteiger charge is -2.08. The number of halogens is 1. The van der Waals surface area contributed by atoms with E-state index in [1.165, 1.54) is 38.5 Å². The summed E-state index contributed by atoms with van der Waals surface area (Å²) >= 11 is 5.47. The molecule has 0 atom stereocenters. The molecule has 25 heavy (non-hydrogen) atoms. The highest BCUT2D eigenvalue weighted by atomic mass is 35.5. The van der Waals surface area contributed by atoms with Crippen LogP contribution in [0.1, 0.15) is 62.2 Å². The summed E-state index contributed by atoms with van der Waals surface area (Å²) in [5, 5.41) is -0.430. The average Bonchev–Trinajstić information content (AvgIpc) is 2.64. The van der Waals surface area contributed by atoms with Gasteiger partial charge in [0.25, 0.3) is 5.24 Å². The minimum atomic E-state index is -0.430. The summed E-state index contributed by atoms with van der Waals surface area (Å²) < 4.78 is 5.81. The molecule has 0 bridgehead atoms. The minimum Gasteiger partial charge on any atom is -0.494 e. The third-order valence-electron chi connectivity index (χ3n) is 4.32. The van der Waals surface area contributed by atoms with Crippen LogP contribution >= 0.6 is 11.6 Å². The SMILES string of the molecule is CCCCCCCCCOc1ccc(-c2ccc(C(=O)Cl)cc2)cc1. The summed E-state index contributed by atoms with van der Waals surface area (Å²) in [6.45, 7) is 3.02. The fraction of sp³-hybridized carbons (Fsp3) is 0.409. The van der Waals surface area contributed by atoms with Crippen LogP contribution in [0.2, 0.25) is 0 Å². The van der Waals surface area contributed by atoms with Crippen LogP contribution in [-0.4, -0.2) is 11.8 Å². The van der Waals surface area contributed by atoms with Gasteiger partial charge in [-0.3, -0.25) is 4.79 Å². The van der Waals surface area contributed by atoms with E-state index in [2.05, 4.69) is 6.92 Å². The van der Waals surface area contributed by atoms with Gasteiger partial charge in [-0.1, -0.05) is 69.7 Å². The van der Waals surface area contributed by atoms with Gasteiger partial charge in [-0.15, -0.1) is 0 Å². The molecule has 2 aromatic rings. The van der Waals surface area contributed by atoms with Crippen LogP contribution in [0.3, 0.4) is 0 Å². The van der Waals surface area contributed by atoms with Gasteiger partial charge in [0, 0.05) is 5.56 Å². The Balaban J connectivity index is 1.73. The fourth-order valence-corrected chi connectivity index (χ4v) is 2.91. The lowest BCUT2D eigenvalue weighted by atomic mass is 10.0. The number of rotatable bonds is 11. The first-order valence-corrected chi connectivity index (χ1v) is 9.61. The summed E-state index contributed by atoms with van der Waals surface area (Å²) in [5.74, 6) is 0.905. The molecule has 0 amide bonds. The molecule has 0 unspecified atom stereocenters. The van der Waals surface area contributed by atoms with Gasteiger partial charge >= 0.3 is 0 Å². The maximum Gasteiger partial charge on any atom is 0.252 e. The molecule has 0 N–H and O–H groups in total. The van der Waals surface area contributed by atoms with Crippen LogP contribution in [-0.2, 0) is 0 Å². The fourth-order valence-electron chi connectivity index (χ4n) is 2.79. The van der Waals surface area contributed by atoms with Crippen LogP contribution in [0, 0.1) is 0 Å². The van der Waals surface area contributed by atoms with Gasteiger partial charge in [0.1, 0.15) is 5.75 Å². The Labute approximate surface area is 156 Å². The molecule has 0 saturated carbocycles. The lowest BCUT2D eigenvalue weighted by molar-refractivity contribution is 0.108. The van der Waals surface area contributed by atoms with E-state index in [0.29, 0.717) is 5.56 Å². The second kappa shape index (κ2) is 10.9. The number of hydrogen-bond acceptors (Lipinski definition) is 2. The summed E-state index contributed by atoms with van der Waals surface area (Å²) in [6.07, 6.45) is 9.02. The smallest absolute Gasteiger partial charge is 0.252 e. The molecule has 0 saturated heterocycles. The van der Waals surface area contributed by atoms with E-state index >= 15 is 0 Å². The largest absolute Gasteiger partial charge is 0.494 e. The number of carbonyl (C=O) groups excluding carboxylic acids is 1. The van der Waals surface area contributed by atoms with E-state index in [9.17, 15) is 4.79 Å². The first-order valence-electron chi connectivity index (χ1n) is 9.24.